The Balaban J connectivity index is 0.960. The van der Waals surface area contributed by atoms with Crippen LogP contribution in [0.2, 0.25) is 0 Å². The van der Waals surface area contributed by atoms with Crippen molar-refractivity contribution >= 4 is 65.6 Å². The van der Waals surface area contributed by atoms with Gasteiger partial charge in [0, 0.05) is 60.4 Å². The van der Waals surface area contributed by atoms with Crippen molar-refractivity contribution in [3.63, 3.8) is 0 Å². The fraction of sp³-hybridized carbons (Fsp3) is 0. The molecule has 0 radical (unpaired) electrons. The Kier molecular flexibility index (Phi) is 8.79. The summed E-state index contributed by atoms with van der Waals surface area (Å²) in [5.41, 5.74) is 15.3. The van der Waals surface area contributed by atoms with Crippen LogP contribution in [0.1, 0.15) is 0 Å². The Hall–Kier alpha value is -9.39. The third-order valence-corrected chi connectivity index (χ3v) is 13.6. The van der Waals surface area contributed by atoms with Crippen molar-refractivity contribution in [2.24, 2.45) is 0 Å². The van der Waals surface area contributed by atoms with Crippen molar-refractivity contribution in [2.75, 3.05) is 0 Å². The summed E-state index contributed by atoms with van der Waals surface area (Å²) in [5.74, 6) is 1.84. The van der Waals surface area contributed by atoms with Crippen LogP contribution in [0.5, 0.6) is 0 Å². The highest BCUT2D eigenvalue weighted by Gasteiger charge is 2.24. The van der Waals surface area contributed by atoms with Gasteiger partial charge in [-0.05, 0) is 82.9 Å². The summed E-state index contributed by atoms with van der Waals surface area (Å²) in [6.07, 6.45) is 0. The van der Waals surface area contributed by atoms with Crippen LogP contribution in [0.4, 0.5) is 0 Å². The van der Waals surface area contributed by atoms with Gasteiger partial charge in [-0.2, -0.15) is 0 Å². The molecule has 0 spiro atoms. The first-order valence-electron chi connectivity index (χ1n) is 23.3. The first kappa shape index (κ1) is 38.8. The lowest BCUT2D eigenvalue weighted by Crippen LogP contribution is -2.01. The summed E-state index contributed by atoms with van der Waals surface area (Å²) < 4.78 is 12.1. The van der Waals surface area contributed by atoms with Crippen molar-refractivity contribution in [3.8, 4) is 67.8 Å². The van der Waals surface area contributed by atoms with E-state index in [-0.39, 0.29) is 0 Å². The van der Waals surface area contributed by atoms with E-state index in [4.69, 9.17) is 19.4 Å². The Morgan fingerprint density at radius 2 is 0.725 bits per heavy atom. The number of furan rings is 1. The molecule has 0 unspecified atom stereocenters. The van der Waals surface area contributed by atoms with Crippen molar-refractivity contribution < 1.29 is 4.42 Å². The zero-order valence-electron chi connectivity index (χ0n) is 37.2. The predicted octanol–water partition coefficient (Wildman–Crippen LogP) is 16.3. The Morgan fingerprint density at radius 3 is 1.33 bits per heavy atom. The highest BCUT2D eigenvalue weighted by atomic mass is 16.3. The Morgan fingerprint density at radius 1 is 0.275 bits per heavy atom. The number of hydrogen-bond acceptors (Lipinski definition) is 4. The van der Waals surface area contributed by atoms with Crippen LogP contribution in [-0.2, 0) is 0 Å². The van der Waals surface area contributed by atoms with Gasteiger partial charge in [-0.15, -0.1) is 0 Å². The number of rotatable bonds is 7. The first-order valence-corrected chi connectivity index (χ1v) is 23.3. The molecule has 14 aromatic rings. The molecule has 0 aliphatic carbocycles. The zero-order valence-corrected chi connectivity index (χ0v) is 37.2. The van der Waals surface area contributed by atoms with Crippen LogP contribution in [0.3, 0.4) is 0 Å². The van der Waals surface area contributed by atoms with E-state index in [9.17, 15) is 0 Å². The predicted molar refractivity (Wildman–Crippen MR) is 283 cm³/mol. The van der Waals surface area contributed by atoms with Crippen molar-refractivity contribution in [1.82, 2.24) is 24.1 Å². The third kappa shape index (κ3) is 6.23. The topological polar surface area (TPSA) is 61.7 Å². The highest BCUT2D eigenvalue weighted by molar-refractivity contribution is 6.26. The number of benzene rings is 10. The van der Waals surface area contributed by atoms with Gasteiger partial charge in [0.15, 0.2) is 28.6 Å². The first-order chi connectivity index (χ1) is 34.2. The molecule has 0 atom stereocenters. The quantitative estimate of drug-likeness (QED) is 0.160. The smallest absolute Gasteiger partial charge is 0.164 e. The molecule has 4 aromatic heterocycles. The standard InChI is InChI=1S/C63H39N5O/c1-4-17-40(18-5-1)44-23-16-24-46(39-44)68-56-30-15-13-27-49(56)51-36-38-53-52-37-35-50-48-26-12-14-29-55(48)67(57(50)59(52)69-60(53)58(51)68)45-33-31-43(32-34-45)62-64-61(42-21-8-3-9-22-42)65-63(66-62)54-28-11-10-25-47(54)41-19-6-2-7-20-41/h1-39H. The molecule has 322 valence electrons. The number of hydrogen-bond donors (Lipinski definition) is 0. The van der Waals surface area contributed by atoms with Crippen LogP contribution in [0.25, 0.3) is 133 Å². The summed E-state index contributed by atoms with van der Waals surface area (Å²) in [4.78, 5) is 15.4. The largest absolute Gasteiger partial charge is 0.452 e. The Bertz CT molecular complexity index is 4280. The van der Waals surface area contributed by atoms with Crippen molar-refractivity contribution in [3.05, 3.63) is 237 Å². The van der Waals surface area contributed by atoms with Gasteiger partial charge in [-0.3, -0.25) is 0 Å². The highest BCUT2D eigenvalue weighted by Crippen LogP contribution is 2.45. The average Bonchev–Trinajstić information content (AvgIpc) is 4.10. The number of fused-ring (bicyclic) bond motifs is 11. The number of aromatic nitrogens is 5. The van der Waals surface area contributed by atoms with Crippen LogP contribution in [0, 0.1) is 0 Å². The number of nitrogens with zero attached hydrogens (tertiary/aromatic N) is 5. The lowest BCUT2D eigenvalue weighted by Gasteiger charge is -2.13. The molecule has 0 amide bonds. The van der Waals surface area contributed by atoms with Gasteiger partial charge in [0.25, 0.3) is 0 Å². The molecule has 4 heterocycles. The molecule has 0 N–H and O–H groups in total. The van der Waals surface area contributed by atoms with Gasteiger partial charge in [-0.25, -0.2) is 15.0 Å². The minimum Gasteiger partial charge on any atom is -0.452 e. The van der Waals surface area contributed by atoms with E-state index in [0.717, 1.165) is 105 Å². The molecule has 0 aliphatic heterocycles. The second-order valence-electron chi connectivity index (χ2n) is 17.5. The maximum absolute atomic E-state index is 7.35. The minimum atomic E-state index is 0.601. The SMILES string of the molecule is c1ccc(-c2cccc(-n3c4ccccc4c4ccc5c6ccc7c8ccccc8n(-c8ccc(-c9nc(-c%10ccccc%10)nc(-c%10ccccc%10-c%10ccccc%10)n9)cc8)c7c6oc5c43)c2)cc1. The maximum Gasteiger partial charge on any atom is 0.164 e. The molecule has 10 aromatic carbocycles. The summed E-state index contributed by atoms with van der Waals surface area (Å²) in [6, 6.07) is 83.1. The fourth-order valence-corrected chi connectivity index (χ4v) is 10.4. The fourth-order valence-electron chi connectivity index (χ4n) is 10.4. The molecule has 0 bridgehead atoms. The van der Waals surface area contributed by atoms with Crippen LogP contribution in [-0.4, -0.2) is 24.1 Å². The normalized spacial score (nSPS) is 11.8. The molecule has 69 heavy (non-hydrogen) atoms. The van der Waals surface area contributed by atoms with Crippen LogP contribution >= 0.6 is 0 Å². The Labute approximate surface area is 396 Å². The maximum atomic E-state index is 7.35. The second-order valence-corrected chi connectivity index (χ2v) is 17.5. The molecule has 14 rings (SSSR count). The van der Waals surface area contributed by atoms with Gasteiger partial charge in [0.1, 0.15) is 0 Å². The molecule has 0 saturated heterocycles. The zero-order chi connectivity index (χ0) is 45.4. The molecule has 0 fully saturated rings. The van der Waals surface area contributed by atoms with E-state index in [1.807, 2.05) is 42.5 Å². The molecule has 0 aliphatic rings. The lowest BCUT2D eigenvalue weighted by molar-refractivity contribution is 0.673. The van der Waals surface area contributed by atoms with Gasteiger partial charge in [-0.1, -0.05) is 176 Å². The molecule has 6 heteroatoms. The van der Waals surface area contributed by atoms with Gasteiger partial charge in [0.05, 0.1) is 22.1 Å². The van der Waals surface area contributed by atoms with Gasteiger partial charge < -0.3 is 13.6 Å². The van der Waals surface area contributed by atoms with E-state index in [1.165, 1.54) is 10.9 Å². The summed E-state index contributed by atoms with van der Waals surface area (Å²) >= 11 is 0. The van der Waals surface area contributed by atoms with E-state index in [2.05, 4.69) is 203 Å². The van der Waals surface area contributed by atoms with Gasteiger partial charge in [0.2, 0.25) is 0 Å². The molecular formula is C63H39N5O. The second kappa shape index (κ2) is 15.6. The van der Waals surface area contributed by atoms with E-state index >= 15 is 0 Å². The molecule has 6 nitrogen and oxygen atoms in total. The van der Waals surface area contributed by atoms with Crippen LogP contribution in [0.15, 0.2) is 241 Å². The van der Waals surface area contributed by atoms with E-state index < -0.39 is 0 Å². The van der Waals surface area contributed by atoms with Crippen molar-refractivity contribution in [1.29, 1.82) is 0 Å². The summed E-state index contributed by atoms with van der Waals surface area (Å²) in [6.45, 7) is 0. The van der Waals surface area contributed by atoms with E-state index in [0.29, 0.717) is 17.5 Å². The van der Waals surface area contributed by atoms with E-state index in [1.54, 1.807) is 0 Å². The van der Waals surface area contributed by atoms with Crippen LogP contribution < -0.4 is 0 Å². The minimum absolute atomic E-state index is 0.601. The lowest BCUT2D eigenvalue weighted by atomic mass is 9.99. The monoisotopic (exact) mass is 881 g/mol. The average molecular weight is 882 g/mol. The van der Waals surface area contributed by atoms with Crippen molar-refractivity contribution in [2.45, 2.75) is 0 Å². The summed E-state index contributed by atoms with van der Waals surface area (Å²) in [5, 5.41) is 6.75. The van der Waals surface area contributed by atoms with Gasteiger partial charge >= 0.3 is 0 Å². The third-order valence-electron chi connectivity index (χ3n) is 13.6. The number of para-hydroxylation sites is 2. The molecular weight excluding hydrogens is 843 g/mol. The summed E-state index contributed by atoms with van der Waals surface area (Å²) in [7, 11) is 0. The molecule has 0 saturated carbocycles.